The van der Waals surface area contributed by atoms with E-state index in [1.807, 2.05) is 25.1 Å². The van der Waals surface area contributed by atoms with Gasteiger partial charge in [0.05, 0.1) is 12.3 Å². The van der Waals surface area contributed by atoms with Crippen molar-refractivity contribution in [3.8, 4) is 5.75 Å². The molecule has 1 N–H and O–H groups in total. The van der Waals surface area contributed by atoms with Crippen molar-refractivity contribution < 1.29 is 13.9 Å². The molecule has 0 spiro atoms. The third-order valence-corrected chi connectivity index (χ3v) is 3.31. The summed E-state index contributed by atoms with van der Waals surface area (Å²) < 4.78 is 19.8. The van der Waals surface area contributed by atoms with Crippen LogP contribution in [0.25, 0.3) is 6.08 Å². The third kappa shape index (κ3) is 4.43. The van der Waals surface area contributed by atoms with E-state index >= 15 is 0 Å². The van der Waals surface area contributed by atoms with E-state index in [4.69, 9.17) is 4.74 Å². The third-order valence-electron chi connectivity index (χ3n) is 2.82. The SMILES string of the molecule is CCOc1ccc(Br)cc1/C=C/C(=O)Nc1ccccc1F. The van der Waals surface area contributed by atoms with Gasteiger partial charge in [-0.1, -0.05) is 28.1 Å². The van der Waals surface area contributed by atoms with E-state index in [0.29, 0.717) is 12.4 Å². The number of hydrogen-bond donors (Lipinski definition) is 1. The fraction of sp³-hybridized carbons (Fsp3) is 0.118. The number of anilines is 1. The van der Waals surface area contributed by atoms with Gasteiger partial charge in [-0.3, -0.25) is 4.79 Å². The Morgan fingerprint density at radius 1 is 1.32 bits per heavy atom. The van der Waals surface area contributed by atoms with Crippen molar-refractivity contribution in [3.05, 3.63) is 64.4 Å². The van der Waals surface area contributed by atoms with Crippen molar-refractivity contribution in [1.29, 1.82) is 0 Å². The van der Waals surface area contributed by atoms with E-state index in [2.05, 4.69) is 21.2 Å². The Hall–Kier alpha value is -2.14. The molecule has 22 heavy (non-hydrogen) atoms. The van der Waals surface area contributed by atoms with Crippen LogP contribution in [-0.2, 0) is 4.79 Å². The van der Waals surface area contributed by atoms with Gasteiger partial charge in [-0.05, 0) is 43.3 Å². The second kappa shape index (κ2) is 7.75. The van der Waals surface area contributed by atoms with Gasteiger partial charge in [-0.25, -0.2) is 4.39 Å². The van der Waals surface area contributed by atoms with Crippen molar-refractivity contribution in [2.24, 2.45) is 0 Å². The fourth-order valence-corrected chi connectivity index (χ4v) is 2.22. The molecule has 0 unspecified atom stereocenters. The van der Waals surface area contributed by atoms with Crippen LogP contribution in [0.15, 0.2) is 53.0 Å². The van der Waals surface area contributed by atoms with Gasteiger partial charge in [0.2, 0.25) is 5.91 Å². The largest absolute Gasteiger partial charge is 0.493 e. The van der Waals surface area contributed by atoms with Crippen LogP contribution in [0.3, 0.4) is 0 Å². The van der Waals surface area contributed by atoms with Gasteiger partial charge in [0.1, 0.15) is 11.6 Å². The zero-order valence-corrected chi connectivity index (χ0v) is 13.6. The molecule has 1 amide bonds. The zero-order chi connectivity index (χ0) is 15.9. The Morgan fingerprint density at radius 3 is 2.82 bits per heavy atom. The normalized spacial score (nSPS) is 10.7. The van der Waals surface area contributed by atoms with Crippen LogP contribution in [0.1, 0.15) is 12.5 Å². The molecular weight excluding hydrogens is 349 g/mol. The highest BCUT2D eigenvalue weighted by atomic mass is 79.9. The first-order valence-corrected chi connectivity index (χ1v) is 7.55. The molecule has 2 aromatic rings. The Morgan fingerprint density at radius 2 is 2.09 bits per heavy atom. The smallest absolute Gasteiger partial charge is 0.248 e. The van der Waals surface area contributed by atoms with Crippen molar-refractivity contribution in [3.63, 3.8) is 0 Å². The summed E-state index contributed by atoms with van der Waals surface area (Å²) in [6.07, 6.45) is 2.97. The number of para-hydroxylation sites is 1. The minimum absolute atomic E-state index is 0.149. The molecule has 2 aromatic carbocycles. The van der Waals surface area contributed by atoms with Crippen LogP contribution >= 0.6 is 15.9 Å². The molecule has 0 aromatic heterocycles. The van der Waals surface area contributed by atoms with Crippen LogP contribution in [0.2, 0.25) is 0 Å². The van der Waals surface area contributed by atoms with Gasteiger partial charge >= 0.3 is 0 Å². The highest BCUT2D eigenvalue weighted by molar-refractivity contribution is 9.10. The lowest BCUT2D eigenvalue weighted by Crippen LogP contribution is -2.09. The second-order valence-corrected chi connectivity index (χ2v) is 5.33. The molecule has 0 saturated carbocycles. The summed E-state index contributed by atoms with van der Waals surface area (Å²) >= 11 is 3.38. The number of rotatable bonds is 5. The summed E-state index contributed by atoms with van der Waals surface area (Å²) in [5.74, 6) is -0.199. The van der Waals surface area contributed by atoms with Crippen molar-refractivity contribution in [2.75, 3.05) is 11.9 Å². The molecule has 0 aliphatic rings. The van der Waals surface area contributed by atoms with E-state index in [9.17, 15) is 9.18 Å². The standard InChI is InChI=1S/C17H15BrFNO2/c1-2-22-16-9-8-13(18)11-12(16)7-10-17(21)20-15-6-4-3-5-14(15)19/h3-11H,2H2,1H3,(H,20,21)/b10-7+. The average Bonchev–Trinajstić information content (AvgIpc) is 2.50. The predicted octanol–water partition coefficient (Wildman–Crippen LogP) is 4.64. The van der Waals surface area contributed by atoms with E-state index < -0.39 is 11.7 Å². The second-order valence-electron chi connectivity index (χ2n) is 4.42. The summed E-state index contributed by atoms with van der Waals surface area (Å²) in [6, 6.07) is 11.6. The fourth-order valence-electron chi connectivity index (χ4n) is 1.84. The molecule has 0 saturated heterocycles. The van der Waals surface area contributed by atoms with Gasteiger partial charge in [0, 0.05) is 16.1 Å². The number of nitrogens with one attached hydrogen (secondary N) is 1. The first-order valence-electron chi connectivity index (χ1n) is 6.76. The molecule has 114 valence electrons. The number of halogens is 2. The molecule has 0 atom stereocenters. The monoisotopic (exact) mass is 363 g/mol. The molecule has 0 bridgehead atoms. The van der Waals surface area contributed by atoms with Crippen LogP contribution in [-0.4, -0.2) is 12.5 Å². The highest BCUT2D eigenvalue weighted by Gasteiger charge is 2.05. The molecule has 0 aliphatic heterocycles. The molecular formula is C17H15BrFNO2. The predicted molar refractivity (Wildman–Crippen MR) is 89.4 cm³/mol. The summed E-state index contributed by atoms with van der Waals surface area (Å²) in [6.45, 7) is 2.42. The van der Waals surface area contributed by atoms with Gasteiger partial charge in [-0.15, -0.1) is 0 Å². The summed E-state index contributed by atoms with van der Waals surface area (Å²) in [4.78, 5) is 11.9. The van der Waals surface area contributed by atoms with Crippen molar-refractivity contribution >= 4 is 33.6 Å². The first-order chi connectivity index (χ1) is 10.6. The lowest BCUT2D eigenvalue weighted by Gasteiger charge is -2.07. The number of ether oxygens (including phenoxy) is 1. The zero-order valence-electron chi connectivity index (χ0n) is 12.0. The maximum Gasteiger partial charge on any atom is 0.248 e. The van der Waals surface area contributed by atoms with Gasteiger partial charge < -0.3 is 10.1 Å². The maximum absolute atomic E-state index is 13.5. The van der Waals surface area contributed by atoms with Gasteiger partial charge in [0.25, 0.3) is 0 Å². The first kappa shape index (κ1) is 16.2. The van der Waals surface area contributed by atoms with Crippen LogP contribution in [0.4, 0.5) is 10.1 Å². The van der Waals surface area contributed by atoms with E-state index in [1.54, 1.807) is 18.2 Å². The van der Waals surface area contributed by atoms with Crippen LogP contribution in [0, 0.1) is 5.82 Å². The number of carbonyl (C=O) groups is 1. The number of benzene rings is 2. The number of carbonyl (C=O) groups excluding carboxylic acids is 1. The Kier molecular flexibility index (Phi) is 5.72. The maximum atomic E-state index is 13.5. The van der Waals surface area contributed by atoms with Gasteiger partial charge in [0.15, 0.2) is 0 Å². The molecule has 0 heterocycles. The number of amides is 1. The molecule has 0 aliphatic carbocycles. The molecule has 3 nitrogen and oxygen atoms in total. The quantitative estimate of drug-likeness (QED) is 0.785. The minimum Gasteiger partial charge on any atom is -0.493 e. The molecule has 0 radical (unpaired) electrons. The molecule has 2 rings (SSSR count). The number of hydrogen-bond acceptors (Lipinski definition) is 2. The van der Waals surface area contributed by atoms with E-state index in [-0.39, 0.29) is 5.69 Å². The highest BCUT2D eigenvalue weighted by Crippen LogP contribution is 2.24. The average molecular weight is 364 g/mol. The van der Waals surface area contributed by atoms with E-state index in [1.165, 1.54) is 18.2 Å². The Labute approximate surface area is 136 Å². The van der Waals surface area contributed by atoms with Gasteiger partial charge in [-0.2, -0.15) is 0 Å². The lowest BCUT2D eigenvalue weighted by molar-refractivity contribution is -0.111. The Bertz CT molecular complexity index is 701. The minimum atomic E-state index is -0.471. The van der Waals surface area contributed by atoms with Crippen molar-refractivity contribution in [1.82, 2.24) is 0 Å². The summed E-state index contributed by atoms with van der Waals surface area (Å²) in [5, 5.41) is 2.49. The van der Waals surface area contributed by atoms with Crippen molar-refractivity contribution in [2.45, 2.75) is 6.92 Å². The molecule has 0 fully saturated rings. The molecule has 5 heteroatoms. The topological polar surface area (TPSA) is 38.3 Å². The van der Waals surface area contributed by atoms with E-state index in [0.717, 1.165) is 10.0 Å². The van der Waals surface area contributed by atoms with Crippen LogP contribution in [0.5, 0.6) is 5.75 Å². The Balaban J connectivity index is 2.13. The summed E-state index contributed by atoms with van der Waals surface area (Å²) in [5.41, 5.74) is 0.913. The van der Waals surface area contributed by atoms with Crippen LogP contribution < -0.4 is 10.1 Å². The lowest BCUT2D eigenvalue weighted by atomic mass is 10.2. The summed E-state index contributed by atoms with van der Waals surface area (Å²) in [7, 11) is 0.